The first-order chi connectivity index (χ1) is 9.91. The Bertz CT molecular complexity index is 628. The summed E-state index contributed by atoms with van der Waals surface area (Å²) in [5.74, 6) is -2.62. The first kappa shape index (κ1) is 14.6. The van der Waals surface area contributed by atoms with E-state index in [0.29, 0.717) is 17.2 Å². The lowest BCUT2D eigenvalue weighted by Gasteiger charge is -2.26. The Hall–Kier alpha value is -2.76. The number of carboxylic acids is 2. The molecule has 1 aromatic heterocycles. The van der Waals surface area contributed by atoms with Crippen LogP contribution in [0.25, 0.3) is 6.08 Å². The summed E-state index contributed by atoms with van der Waals surface area (Å²) in [7, 11) is 0. The van der Waals surface area contributed by atoms with Crippen molar-refractivity contribution in [1.29, 1.82) is 0 Å². The van der Waals surface area contributed by atoms with Crippen LogP contribution >= 0.6 is 0 Å². The van der Waals surface area contributed by atoms with Gasteiger partial charge in [0, 0.05) is 17.3 Å². The topological polar surface area (TPSA) is 99.8 Å². The van der Waals surface area contributed by atoms with E-state index in [0.717, 1.165) is 0 Å². The van der Waals surface area contributed by atoms with Gasteiger partial charge in [-0.3, -0.25) is 0 Å². The lowest BCUT2D eigenvalue weighted by atomic mass is 9.85. The lowest BCUT2D eigenvalue weighted by molar-refractivity contribution is -0.133. The molecule has 0 aliphatic carbocycles. The van der Waals surface area contributed by atoms with E-state index in [1.807, 2.05) is 0 Å². The molecule has 1 aliphatic rings. The van der Waals surface area contributed by atoms with Gasteiger partial charge < -0.3 is 19.9 Å². The van der Waals surface area contributed by atoms with Gasteiger partial charge in [-0.2, -0.15) is 0 Å². The van der Waals surface area contributed by atoms with Crippen LogP contribution in [-0.4, -0.2) is 22.2 Å². The number of dihydropyridines is 1. The number of aliphatic carboxylic acids is 2. The van der Waals surface area contributed by atoms with Gasteiger partial charge in [0.1, 0.15) is 5.76 Å². The third-order valence-electron chi connectivity index (χ3n) is 3.26. The maximum absolute atomic E-state index is 11.4. The number of hydrogen-bond acceptors (Lipinski definition) is 4. The van der Waals surface area contributed by atoms with Crippen LogP contribution in [0, 0.1) is 5.92 Å². The van der Waals surface area contributed by atoms with E-state index in [4.69, 9.17) is 4.42 Å². The van der Waals surface area contributed by atoms with Gasteiger partial charge >= 0.3 is 11.9 Å². The molecule has 0 unspecified atom stereocenters. The van der Waals surface area contributed by atoms with Gasteiger partial charge in [-0.05, 0) is 32.1 Å². The average molecular weight is 289 g/mol. The maximum Gasteiger partial charge on any atom is 0.334 e. The molecule has 0 fully saturated rings. The molecule has 2 rings (SSSR count). The summed E-state index contributed by atoms with van der Waals surface area (Å²) in [5.41, 5.74) is 0.889. The first-order valence-electron chi connectivity index (χ1n) is 6.28. The molecule has 1 aromatic rings. The summed E-state index contributed by atoms with van der Waals surface area (Å²) < 4.78 is 5.14. The van der Waals surface area contributed by atoms with Gasteiger partial charge in [0.25, 0.3) is 0 Å². The van der Waals surface area contributed by atoms with Crippen LogP contribution in [0.4, 0.5) is 0 Å². The fourth-order valence-corrected chi connectivity index (χ4v) is 2.38. The Kier molecular flexibility index (Phi) is 3.98. The highest BCUT2D eigenvalue weighted by molar-refractivity contribution is 5.97. The summed E-state index contributed by atoms with van der Waals surface area (Å²) in [5, 5.41) is 21.5. The molecule has 0 amide bonds. The predicted octanol–water partition coefficient (Wildman–Crippen LogP) is 2.23. The largest absolute Gasteiger partial charge is 0.478 e. The summed E-state index contributed by atoms with van der Waals surface area (Å²) in [6.45, 7) is 3.22. The van der Waals surface area contributed by atoms with Gasteiger partial charge in [-0.25, -0.2) is 9.59 Å². The molecule has 3 N–H and O–H groups in total. The predicted molar refractivity (Wildman–Crippen MR) is 75.0 cm³/mol. The minimum atomic E-state index is -1.15. The van der Waals surface area contributed by atoms with Gasteiger partial charge in [0.2, 0.25) is 0 Å². The van der Waals surface area contributed by atoms with E-state index < -0.39 is 17.9 Å². The van der Waals surface area contributed by atoms with Crippen LogP contribution in [0.3, 0.4) is 0 Å². The summed E-state index contributed by atoms with van der Waals surface area (Å²) in [4.78, 5) is 22.9. The second kappa shape index (κ2) is 5.70. The number of carboxylic acid groups (broad SMARTS) is 2. The standard InChI is InChI=1S/C15H15NO5/c1-8-12(14(17)18)11(6-5-10-4-3-7-21-10)13(15(19)20)9(2)16-8/h3-7,11,16H,1-2H3,(H,17,18)(H,19,20). The van der Waals surface area contributed by atoms with E-state index in [1.165, 1.54) is 12.3 Å². The van der Waals surface area contributed by atoms with Crippen molar-refractivity contribution in [2.75, 3.05) is 0 Å². The molecule has 0 radical (unpaired) electrons. The third kappa shape index (κ3) is 2.89. The summed E-state index contributed by atoms with van der Waals surface area (Å²) >= 11 is 0. The van der Waals surface area contributed by atoms with E-state index >= 15 is 0 Å². The molecule has 0 spiro atoms. The van der Waals surface area contributed by atoms with Crippen molar-refractivity contribution < 1.29 is 24.2 Å². The zero-order chi connectivity index (χ0) is 15.6. The molecule has 0 aromatic carbocycles. The average Bonchev–Trinajstić information content (AvgIpc) is 2.87. The molecule has 110 valence electrons. The van der Waals surface area contributed by atoms with Crippen molar-refractivity contribution >= 4 is 18.0 Å². The fourth-order valence-electron chi connectivity index (χ4n) is 2.38. The molecule has 0 atom stereocenters. The van der Waals surface area contributed by atoms with Crippen LogP contribution in [0.1, 0.15) is 19.6 Å². The van der Waals surface area contributed by atoms with Crippen LogP contribution in [0.5, 0.6) is 0 Å². The number of rotatable bonds is 4. The quantitative estimate of drug-likeness (QED) is 0.786. The van der Waals surface area contributed by atoms with Crippen LogP contribution in [0.15, 0.2) is 51.4 Å². The second-order valence-corrected chi connectivity index (χ2v) is 4.66. The first-order valence-corrected chi connectivity index (χ1v) is 6.28. The van der Waals surface area contributed by atoms with Crippen molar-refractivity contribution in [3.63, 3.8) is 0 Å². The fraction of sp³-hybridized carbons (Fsp3) is 0.200. The normalized spacial score (nSPS) is 16.5. The lowest BCUT2D eigenvalue weighted by Crippen LogP contribution is -2.31. The Morgan fingerprint density at radius 2 is 1.76 bits per heavy atom. The Morgan fingerprint density at radius 1 is 1.19 bits per heavy atom. The molecule has 6 heteroatoms. The highest BCUT2D eigenvalue weighted by atomic mass is 16.4. The van der Waals surface area contributed by atoms with Crippen LogP contribution in [0.2, 0.25) is 0 Å². The molecule has 21 heavy (non-hydrogen) atoms. The SMILES string of the molecule is CC1=C(C(=O)O)C(C=Cc2ccco2)C(C(=O)O)=C(C)N1. The van der Waals surface area contributed by atoms with Gasteiger partial charge in [-0.15, -0.1) is 0 Å². The molecule has 6 nitrogen and oxygen atoms in total. The molecular weight excluding hydrogens is 274 g/mol. The van der Waals surface area contributed by atoms with Crippen molar-refractivity contribution in [1.82, 2.24) is 5.32 Å². The van der Waals surface area contributed by atoms with E-state index in [2.05, 4.69) is 5.32 Å². The van der Waals surface area contributed by atoms with Gasteiger partial charge in [0.05, 0.1) is 17.4 Å². The highest BCUT2D eigenvalue weighted by Gasteiger charge is 2.33. The minimum absolute atomic E-state index is 0.0146. The monoisotopic (exact) mass is 289 g/mol. The van der Waals surface area contributed by atoms with Crippen molar-refractivity contribution in [2.24, 2.45) is 5.92 Å². The van der Waals surface area contributed by atoms with E-state index in [9.17, 15) is 19.8 Å². The van der Waals surface area contributed by atoms with Crippen LogP contribution < -0.4 is 5.32 Å². The summed E-state index contributed by atoms with van der Waals surface area (Å²) in [6.07, 6.45) is 4.59. The van der Waals surface area contributed by atoms with E-state index in [1.54, 1.807) is 32.1 Å². The Morgan fingerprint density at radius 3 is 2.19 bits per heavy atom. The summed E-state index contributed by atoms with van der Waals surface area (Å²) in [6, 6.07) is 3.39. The highest BCUT2D eigenvalue weighted by Crippen LogP contribution is 2.31. The zero-order valence-electron chi connectivity index (χ0n) is 11.6. The zero-order valence-corrected chi connectivity index (χ0v) is 11.6. The van der Waals surface area contributed by atoms with Gasteiger partial charge in [-0.1, -0.05) is 6.08 Å². The molecule has 1 aliphatic heterocycles. The number of furan rings is 1. The van der Waals surface area contributed by atoms with Crippen molar-refractivity contribution in [2.45, 2.75) is 13.8 Å². The van der Waals surface area contributed by atoms with E-state index in [-0.39, 0.29) is 11.1 Å². The minimum Gasteiger partial charge on any atom is -0.478 e. The smallest absolute Gasteiger partial charge is 0.334 e. The van der Waals surface area contributed by atoms with Crippen LogP contribution in [-0.2, 0) is 9.59 Å². The Labute approximate surface area is 121 Å². The molecular formula is C15H15NO5. The number of allylic oxidation sites excluding steroid dienone is 3. The molecule has 2 heterocycles. The molecule has 0 bridgehead atoms. The number of nitrogens with one attached hydrogen (secondary N) is 1. The van der Waals surface area contributed by atoms with Gasteiger partial charge in [0.15, 0.2) is 0 Å². The molecule has 0 saturated heterocycles. The third-order valence-corrected chi connectivity index (χ3v) is 3.26. The number of hydrogen-bond donors (Lipinski definition) is 3. The van der Waals surface area contributed by atoms with Crippen molar-refractivity contribution in [3.05, 3.63) is 52.8 Å². The Balaban J connectivity index is 2.49. The maximum atomic E-state index is 11.4. The van der Waals surface area contributed by atoms with Crippen molar-refractivity contribution in [3.8, 4) is 0 Å². The second-order valence-electron chi connectivity index (χ2n) is 4.66. The number of carbonyl (C=O) groups is 2. The molecule has 0 saturated carbocycles.